The number of phenols is 4. The number of methoxy groups -OCH3 is 1. The van der Waals surface area contributed by atoms with Crippen LogP contribution in [0.15, 0.2) is 267 Å². The van der Waals surface area contributed by atoms with Crippen LogP contribution in [0.2, 0.25) is 0 Å². The number of hydrogen-bond acceptors (Lipinski definition) is 20. The van der Waals surface area contributed by atoms with E-state index in [1.54, 1.807) is 194 Å². The summed E-state index contributed by atoms with van der Waals surface area (Å²) in [5.41, 5.74) is 0.0194. The monoisotopic (exact) mass is 1520 g/mol. The minimum Gasteiger partial charge on any atom is -0.504 e. The number of carboxylic acids is 2. The summed E-state index contributed by atoms with van der Waals surface area (Å²) in [6.07, 6.45) is -5.91. The molecule has 0 aromatic heterocycles. The largest absolute Gasteiger partial charge is 0.504 e. The first-order chi connectivity index (χ1) is 55.2. The molecule has 0 aliphatic carbocycles. The number of cyclic esters (lactones) is 1. The first-order valence-electron chi connectivity index (χ1n) is 36.1. The van der Waals surface area contributed by atoms with Crippen molar-refractivity contribution in [2.24, 2.45) is 0 Å². The zero-order valence-electron chi connectivity index (χ0n) is 60.9. The Morgan fingerprint density at radius 3 is 0.956 bits per heavy atom. The molecule has 0 amide bonds. The molecular formula is C91H76O22. The first kappa shape index (κ1) is 75.8. The quantitative estimate of drug-likeness (QED) is 0.0237. The predicted octanol–water partition coefficient (Wildman–Crippen LogP) is 16.8. The summed E-state index contributed by atoms with van der Waals surface area (Å²) in [6, 6.07) is 75.3. The second-order valence-corrected chi connectivity index (χ2v) is 26.6. The SMILES string of the molecule is CO[C@H]1O[C@@H]2COC(=O)c3cc(O)c(OCc4ccccc4)c(O)c3-c3c(cc(O)c(OCc4ccccc4)c3O)C(=O)O[C@@H]2[C@H](c2c(C(=O)O)cc(OCc3ccccc3)c(OCc3ccccc3)c2OCc2ccccc2)[C@@H]1c1c(C(=O)O)cc(OCc2ccccc2)c(OCc2ccccc2)c1OCc1ccccc1. The van der Waals surface area contributed by atoms with E-state index < -0.39 is 129 Å². The number of esters is 2. The Bertz CT molecular complexity index is 5330. The van der Waals surface area contributed by atoms with E-state index in [0.29, 0.717) is 44.5 Å². The van der Waals surface area contributed by atoms with Crippen LogP contribution < -0.4 is 37.9 Å². The molecular weight excluding hydrogens is 1440 g/mol. The number of aromatic carboxylic acids is 2. The van der Waals surface area contributed by atoms with E-state index in [9.17, 15) is 30.6 Å². The van der Waals surface area contributed by atoms with Crippen LogP contribution in [0.25, 0.3) is 11.1 Å². The van der Waals surface area contributed by atoms with Gasteiger partial charge < -0.3 is 87.5 Å². The summed E-state index contributed by atoms with van der Waals surface area (Å²) in [5.74, 6) is -16.4. The fourth-order valence-electron chi connectivity index (χ4n) is 13.8. The van der Waals surface area contributed by atoms with Crippen molar-refractivity contribution in [2.75, 3.05) is 13.7 Å². The number of fused-ring (bicyclic) bond motifs is 4. The summed E-state index contributed by atoms with van der Waals surface area (Å²) in [7, 11) is 1.23. The molecule has 2 heterocycles. The lowest BCUT2D eigenvalue weighted by Gasteiger charge is -2.47. The molecule has 1 saturated heterocycles. The molecule has 0 spiro atoms. The third-order valence-electron chi connectivity index (χ3n) is 19.2. The van der Waals surface area contributed by atoms with Crippen molar-refractivity contribution in [3.63, 3.8) is 0 Å². The average molecular weight is 1520 g/mol. The average Bonchev–Trinajstić information content (AvgIpc) is 1.37. The molecule has 0 radical (unpaired) electrons. The van der Waals surface area contributed by atoms with Gasteiger partial charge in [-0.05, 0) is 68.8 Å². The van der Waals surface area contributed by atoms with Crippen LogP contribution in [0.4, 0.5) is 0 Å². The van der Waals surface area contributed by atoms with E-state index >= 15 is 19.2 Å². The Kier molecular flexibility index (Phi) is 23.6. The van der Waals surface area contributed by atoms with Crippen LogP contribution in [-0.2, 0) is 71.8 Å². The van der Waals surface area contributed by atoms with E-state index in [4.69, 9.17) is 56.8 Å². The van der Waals surface area contributed by atoms with Gasteiger partial charge in [-0.3, -0.25) is 0 Å². The fourth-order valence-corrected chi connectivity index (χ4v) is 13.8. The van der Waals surface area contributed by atoms with E-state index in [2.05, 4.69) is 0 Å². The Morgan fingerprint density at radius 1 is 0.363 bits per heavy atom. The third kappa shape index (κ3) is 17.2. The lowest BCUT2D eigenvalue weighted by molar-refractivity contribution is -0.237. The predicted molar refractivity (Wildman–Crippen MR) is 412 cm³/mol. The van der Waals surface area contributed by atoms with Crippen molar-refractivity contribution < 1.29 is 107 Å². The highest BCUT2D eigenvalue weighted by Crippen LogP contribution is 2.60. The van der Waals surface area contributed by atoms with Gasteiger partial charge in [-0.25, -0.2) is 19.2 Å². The molecule has 2 aliphatic heterocycles. The fraction of sp³-hybridized carbons (Fsp3) is 0.165. The summed E-state index contributed by atoms with van der Waals surface area (Å²) in [4.78, 5) is 62.7. The van der Waals surface area contributed by atoms with Gasteiger partial charge in [0.1, 0.15) is 71.7 Å². The number of aromatic hydroxyl groups is 4. The molecule has 0 saturated carbocycles. The minimum atomic E-state index is -2.15. The van der Waals surface area contributed by atoms with E-state index in [-0.39, 0.29) is 98.5 Å². The van der Waals surface area contributed by atoms with Gasteiger partial charge in [0.15, 0.2) is 52.3 Å². The molecule has 22 nitrogen and oxygen atoms in total. The summed E-state index contributed by atoms with van der Waals surface area (Å²) >= 11 is 0. The normalized spacial score (nSPS) is 15.7. The van der Waals surface area contributed by atoms with Crippen LogP contribution in [0, 0.1) is 0 Å². The highest BCUT2D eigenvalue weighted by Gasteiger charge is 2.56. The molecule has 22 heteroatoms. The Balaban J connectivity index is 1.07. The molecule has 1 fully saturated rings. The molecule has 2 aliphatic rings. The molecule has 113 heavy (non-hydrogen) atoms. The zero-order chi connectivity index (χ0) is 78.3. The highest BCUT2D eigenvalue weighted by molar-refractivity contribution is 6.08. The van der Waals surface area contributed by atoms with E-state index in [0.717, 1.165) is 12.1 Å². The third-order valence-corrected chi connectivity index (χ3v) is 19.2. The number of ether oxygens (including phenoxy) is 12. The number of carboxylic acid groups (broad SMARTS) is 2. The Hall–Kier alpha value is -14.0. The smallest absolute Gasteiger partial charge is 0.339 e. The van der Waals surface area contributed by atoms with Crippen molar-refractivity contribution in [3.8, 4) is 80.1 Å². The first-order valence-corrected chi connectivity index (χ1v) is 36.1. The van der Waals surface area contributed by atoms with Gasteiger partial charge >= 0.3 is 23.9 Å². The molecule has 14 rings (SSSR count). The highest BCUT2D eigenvalue weighted by atomic mass is 16.7. The van der Waals surface area contributed by atoms with Crippen LogP contribution >= 0.6 is 0 Å². The molecule has 572 valence electrons. The van der Waals surface area contributed by atoms with Gasteiger partial charge in [0.2, 0.25) is 23.0 Å². The summed E-state index contributed by atoms with van der Waals surface area (Å²) in [6.45, 7) is -2.93. The molecule has 12 aromatic rings. The van der Waals surface area contributed by atoms with E-state index in [1.807, 2.05) is 48.5 Å². The number of carbonyl (C=O) groups excluding carboxylic acids is 2. The molecule has 0 bridgehead atoms. The maximum atomic E-state index is 16.7. The number of rotatable bonds is 29. The number of carbonyl (C=O) groups is 4. The van der Waals surface area contributed by atoms with Gasteiger partial charge in [-0.2, -0.15) is 0 Å². The van der Waals surface area contributed by atoms with Gasteiger partial charge in [0.05, 0.1) is 28.2 Å². The molecule has 0 unspecified atom stereocenters. The maximum absolute atomic E-state index is 16.7. The van der Waals surface area contributed by atoms with Gasteiger partial charge in [-0.15, -0.1) is 0 Å². The van der Waals surface area contributed by atoms with Crippen molar-refractivity contribution in [2.45, 2.75) is 83.2 Å². The topological polar surface area (TPSA) is 300 Å². The number of benzene rings is 12. The molecule has 12 aromatic carbocycles. The van der Waals surface area contributed by atoms with Gasteiger partial charge in [0, 0.05) is 35.3 Å². The Labute approximate surface area is 649 Å². The van der Waals surface area contributed by atoms with Crippen molar-refractivity contribution in [1.29, 1.82) is 0 Å². The van der Waals surface area contributed by atoms with Crippen molar-refractivity contribution in [3.05, 3.63) is 345 Å². The van der Waals surface area contributed by atoms with Crippen molar-refractivity contribution in [1.82, 2.24) is 0 Å². The second kappa shape index (κ2) is 35.2. The molecule has 6 N–H and O–H groups in total. The number of phenolic OH excluding ortho intramolecular Hbond substituents is 4. The van der Waals surface area contributed by atoms with Crippen LogP contribution in [0.5, 0.6) is 69.0 Å². The van der Waals surface area contributed by atoms with Crippen LogP contribution in [0.1, 0.15) is 109 Å². The van der Waals surface area contributed by atoms with Gasteiger partial charge in [0.25, 0.3) is 0 Å². The Morgan fingerprint density at radius 2 is 0.646 bits per heavy atom. The van der Waals surface area contributed by atoms with Crippen LogP contribution in [-0.4, -0.2) is 86.7 Å². The lowest BCUT2D eigenvalue weighted by Crippen LogP contribution is -2.53. The van der Waals surface area contributed by atoms with Crippen molar-refractivity contribution >= 4 is 23.9 Å². The van der Waals surface area contributed by atoms with E-state index in [1.165, 1.54) is 19.2 Å². The number of hydrogen-bond donors (Lipinski definition) is 6. The second-order valence-electron chi connectivity index (χ2n) is 26.6. The summed E-state index contributed by atoms with van der Waals surface area (Å²) in [5, 5.41) is 74.7. The van der Waals surface area contributed by atoms with Gasteiger partial charge in [-0.1, -0.05) is 243 Å². The van der Waals surface area contributed by atoms with Crippen LogP contribution in [0.3, 0.4) is 0 Å². The minimum absolute atomic E-state index is 0.136. The maximum Gasteiger partial charge on any atom is 0.339 e. The molecule has 5 atom stereocenters. The standard InChI is InChI=1S/C91H76O22/c1-102-91-77(75-64(88(98)99)45-70(104-47-56-28-12-3-13-29-56)84(108-51-60-36-20-7-21-37-60)86(75)110-53-62-40-24-9-25-41-62)76(74-63(87(96)97)44-69(103-46-55-26-10-2-11-27-55)83(107-50-59-34-18-6-19-35-59)85(74)109-52-61-38-22-8-23-39-61)82-71(112-91)54-111-89(100)65-42-67(92)80(105-48-57-30-14-4-15-31-57)78(94)72(65)73-66(90(101)113-82)43-68(93)81(79(73)95)106-49-58-32-16-5-17-33-58/h2-45,71,76-77,82,91-95H,46-54H2,1H3,(H,96,97)(H,98,99)/t71-,76-,77+,82+,91+/m1/s1. The lowest BCUT2D eigenvalue weighted by atomic mass is 9.70. The summed E-state index contributed by atoms with van der Waals surface area (Å²) < 4.78 is 80.8. The zero-order valence-corrected chi connectivity index (χ0v) is 60.9.